The van der Waals surface area contributed by atoms with Gasteiger partial charge in [-0.05, 0) is 40.2 Å². The average molecular weight is 445 g/mol. The summed E-state index contributed by atoms with van der Waals surface area (Å²) in [7, 11) is -1.09. The van der Waals surface area contributed by atoms with Gasteiger partial charge in [-0.1, -0.05) is 31.2 Å². The lowest BCUT2D eigenvalue weighted by Crippen LogP contribution is -2.22. The largest absolute Gasteiger partial charge is 0.359 e. The Morgan fingerprint density at radius 1 is 1.25 bits per heavy atom. The monoisotopic (exact) mass is 444 g/mol. The van der Waals surface area contributed by atoms with Crippen LogP contribution in [0, 0.1) is 3.70 Å². The minimum atomic E-state index is -1.09. The number of hydrogen-bond acceptors (Lipinski definition) is 4. The Morgan fingerprint density at radius 3 is 2.60 bits per heavy atom. The highest BCUT2D eigenvalue weighted by molar-refractivity contribution is 14.1. The number of halogens is 3. The van der Waals surface area contributed by atoms with E-state index in [1.54, 1.807) is 4.68 Å². The Kier molecular flexibility index (Phi) is 5.27. The van der Waals surface area contributed by atoms with E-state index in [4.69, 9.17) is 27.9 Å². The van der Waals surface area contributed by atoms with Crippen molar-refractivity contribution in [2.75, 3.05) is 6.61 Å². The molecule has 0 saturated carbocycles. The molecule has 2 aromatic rings. The molecular weight excluding hydrogens is 430 g/mol. The van der Waals surface area contributed by atoms with Gasteiger partial charge in [0, 0.05) is 14.7 Å². The standard InChI is InChI=1S/C11H15Cl2IN4OSi/c1-20(2,3)5-4-19-6-18-10-7(9(14)17-18)8(12)15-11(13)16-10/h4-6H2,1-3H3. The normalized spacial score (nSPS) is 12.3. The van der Waals surface area contributed by atoms with E-state index in [0.717, 1.165) is 16.4 Å². The van der Waals surface area contributed by atoms with Gasteiger partial charge >= 0.3 is 0 Å². The van der Waals surface area contributed by atoms with Crippen LogP contribution >= 0.6 is 45.8 Å². The number of rotatable bonds is 5. The smallest absolute Gasteiger partial charge is 0.225 e. The van der Waals surface area contributed by atoms with E-state index in [-0.39, 0.29) is 5.28 Å². The Balaban J connectivity index is 2.15. The van der Waals surface area contributed by atoms with Crippen LogP contribution in [0.2, 0.25) is 36.1 Å². The van der Waals surface area contributed by atoms with Crippen LogP contribution in [-0.4, -0.2) is 34.4 Å². The first kappa shape index (κ1) is 16.4. The molecule has 0 atom stereocenters. The summed E-state index contributed by atoms with van der Waals surface area (Å²) in [6.07, 6.45) is 0. The highest BCUT2D eigenvalue weighted by Gasteiger charge is 2.16. The first-order valence-corrected chi connectivity index (χ1v) is 11.6. The zero-order valence-corrected chi connectivity index (χ0v) is 16.1. The molecule has 0 bridgehead atoms. The van der Waals surface area contributed by atoms with Crippen molar-refractivity contribution in [3.63, 3.8) is 0 Å². The highest BCUT2D eigenvalue weighted by Crippen LogP contribution is 2.26. The van der Waals surface area contributed by atoms with Crippen LogP contribution in [0.1, 0.15) is 0 Å². The minimum Gasteiger partial charge on any atom is -0.359 e. The first-order valence-electron chi connectivity index (χ1n) is 6.11. The van der Waals surface area contributed by atoms with E-state index in [0.29, 0.717) is 22.9 Å². The van der Waals surface area contributed by atoms with Crippen LogP contribution < -0.4 is 0 Å². The quantitative estimate of drug-likeness (QED) is 0.229. The van der Waals surface area contributed by atoms with Crippen molar-refractivity contribution in [1.82, 2.24) is 19.7 Å². The van der Waals surface area contributed by atoms with E-state index in [1.807, 2.05) is 0 Å². The molecule has 0 saturated heterocycles. The summed E-state index contributed by atoms with van der Waals surface area (Å²) < 4.78 is 8.09. The number of hydrogen-bond donors (Lipinski definition) is 0. The van der Waals surface area contributed by atoms with Gasteiger partial charge < -0.3 is 4.74 Å². The summed E-state index contributed by atoms with van der Waals surface area (Å²) in [5.74, 6) is 0. The zero-order valence-electron chi connectivity index (χ0n) is 11.5. The number of ether oxygens (including phenoxy) is 1. The van der Waals surface area contributed by atoms with Crippen LogP contribution in [0.3, 0.4) is 0 Å². The third-order valence-corrected chi connectivity index (χ3v) is 5.59. The second kappa shape index (κ2) is 6.43. The van der Waals surface area contributed by atoms with Crippen molar-refractivity contribution in [1.29, 1.82) is 0 Å². The van der Waals surface area contributed by atoms with Gasteiger partial charge in [0.15, 0.2) is 5.65 Å². The molecule has 110 valence electrons. The fourth-order valence-electron chi connectivity index (χ4n) is 1.58. The molecule has 0 N–H and O–H groups in total. The Labute approximate surface area is 142 Å². The molecule has 0 amide bonds. The lowest BCUT2D eigenvalue weighted by atomic mass is 10.4. The molecule has 0 radical (unpaired) electrons. The Morgan fingerprint density at radius 2 is 1.95 bits per heavy atom. The predicted octanol–water partition coefficient (Wildman–Crippen LogP) is 4.05. The van der Waals surface area contributed by atoms with Crippen LogP contribution in [0.15, 0.2) is 0 Å². The van der Waals surface area contributed by atoms with Crippen LogP contribution in [0.25, 0.3) is 11.0 Å². The van der Waals surface area contributed by atoms with E-state index in [1.165, 1.54) is 0 Å². The van der Waals surface area contributed by atoms with Crippen molar-refractivity contribution in [3.8, 4) is 0 Å². The maximum atomic E-state index is 6.07. The van der Waals surface area contributed by atoms with Crippen molar-refractivity contribution in [3.05, 3.63) is 14.1 Å². The molecule has 0 aliphatic heterocycles. The van der Waals surface area contributed by atoms with Gasteiger partial charge in [0.1, 0.15) is 15.6 Å². The number of fused-ring (bicyclic) bond motifs is 1. The first-order chi connectivity index (χ1) is 9.28. The number of nitrogens with zero attached hydrogens (tertiary/aromatic N) is 4. The molecule has 0 fully saturated rings. The van der Waals surface area contributed by atoms with Gasteiger partial charge in [0.25, 0.3) is 0 Å². The molecule has 0 unspecified atom stereocenters. The Hall–Kier alpha value is 0.0369. The third kappa shape index (κ3) is 4.03. The molecule has 0 aromatic carbocycles. The van der Waals surface area contributed by atoms with E-state index < -0.39 is 8.07 Å². The zero-order chi connectivity index (χ0) is 14.9. The number of aromatic nitrogens is 4. The molecule has 5 nitrogen and oxygen atoms in total. The minimum absolute atomic E-state index is 0.113. The summed E-state index contributed by atoms with van der Waals surface area (Å²) in [5.41, 5.74) is 0.604. The van der Waals surface area contributed by atoms with E-state index in [9.17, 15) is 0 Å². The molecule has 0 aliphatic carbocycles. The molecule has 2 rings (SSSR count). The van der Waals surface area contributed by atoms with E-state index >= 15 is 0 Å². The van der Waals surface area contributed by atoms with Gasteiger partial charge in [0.2, 0.25) is 5.28 Å². The van der Waals surface area contributed by atoms with Gasteiger partial charge in [0.05, 0.1) is 5.39 Å². The van der Waals surface area contributed by atoms with Gasteiger partial charge in [-0.25, -0.2) is 9.67 Å². The maximum absolute atomic E-state index is 6.07. The highest BCUT2D eigenvalue weighted by atomic mass is 127. The van der Waals surface area contributed by atoms with E-state index in [2.05, 4.69) is 57.3 Å². The SMILES string of the molecule is C[Si](C)(C)CCOCn1nc(I)c2c(Cl)nc(Cl)nc21. The van der Waals surface area contributed by atoms with Crippen LogP contribution in [0.5, 0.6) is 0 Å². The lowest BCUT2D eigenvalue weighted by Gasteiger charge is -2.15. The van der Waals surface area contributed by atoms with Gasteiger partial charge in [-0.2, -0.15) is 10.1 Å². The molecule has 0 spiro atoms. The van der Waals surface area contributed by atoms with Crippen LogP contribution in [0.4, 0.5) is 0 Å². The van der Waals surface area contributed by atoms with Crippen LogP contribution in [-0.2, 0) is 11.5 Å². The van der Waals surface area contributed by atoms with Gasteiger partial charge in [-0.15, -0.1) is 0 Å². The molecule has 9 heteroatoms. The summed E-state index contributed by atoms with van der Waals surface area (Å²) in [5, 5.41) is 5.51. The molecule has 2 aromatic heterocycles. The fourth-order valence-corrected chi connectivity index (χ4v) is 3.72. The molecule has 2 heterocycles. The van der Waals surface area contributed by atoms with Crippen molar-refractivity contribution < 1.29 is 4.74 Å². The second-order valence-electron chi connectivity index (χ2n) is 5.62. The van der Waals surface area contributed by atoms with Gasteiger partial charge in [-0.3, -0.25) is 0 Å². The maximum Gasteiger partial charge on any atom is 0.225 e. The lowest BCUT2D eigenvalue weighted by molar-refractivity contribution is 0.0810. The summed E-state index contributed by atoms with van der Waals surface area (Å²) in [4.78, 5) is 8.11. The summed E-state index contributed by atoms with van der Waals surface area (Å²) in [6, 6.07) is 1.11. The third-order valence-electron chi connectivity index (χ3n) is 2.69. The van der Waals surface area contributed by atoms with Crippen molar-refractivity contribution in [2.45, 2.75) is 32.4 Å². The summed E-state index contributed by atoms with van der Waals surface area (Å²) in [6.45, 7) is 8.01. The van der Waals surface area contributed by atoms with Crippen molar-refractivity contribution in [2.24, 2.45) is 0 Å². The second-order valence-corrected chi connectivity index (χ2v) is 13.0. The molecule has 0 aliphatic rings. The fraction of sp³-hybridized carbons (Fsp3) is 0.545. The molecular formula is C11H15Cl2IN4OSi. The summed E-state index contributed by atoms with van der Waals surface area (Å²) >= 11 is 14.0. The predicted molar refractivity (Wildman–Crippen MR) is 92.2 cm³/mol. The molecule has 20 heavy (non-hydrogen) atoms. The average Bonchev–Trinajstić information content (AvgIpc) is 2.60. The van der Waals surface area contributed by atoms with Crippen molar-refractivity contribution >= 4 is 64.9 Å². The Bertz CT molecular complexity index is 629. The topological polar surface area (TPSA) is 52.8 Å².